The summed E-state index contributed by atoms with van der Waals surface area (Å²) < 4.78 is 10.2. The van der Waals surface area contributed by atoms with E-state index in [1.54, 1.807) is 6.26 Å². The van der Waals surface area contributed by atoms with Crippen LogP contribution in [0.2, 0.25) is 0 Å². The van der Waals surface area contributed by atoms with Crippen molar-refractivity contribution in [3.8, 4) is 0 Å². The third-order valence-electron chi connectivity index (χ3n) is 2.72. The SMILES string of the molecule is CC1(C)COCC1NCc1ccon1. The van der Waals surface area contributed by atoms with Crippen LogP contribution in [-0.2, 0) is 11.3 Å². The maximum atomic E-state index is 5.44. The molecule has 1 aliphatic rings. The molecule has 4 nitrogen and oxygen atoms in total. The third kappa shape index (κ3) is 1.96. The Balaban J connectivity index is 1.86. The van der Waals surface area contributed by atoms with E-state index < -0.39 is 0 Å². The molecule has 1 aromatic rings. The Hall–Kier alpha value is -0.870. The van der Waals surface area contributed by atoms with Gasteiger partial charge in [-0.3, -0.25) is 0 Å². The molecule has 0 amide bonds. The second-order valence-corrected chi connectivity index (χ2v) is 4.43. The average molecular weight is 196 g/mol. The average Bonchev–Trinajstić information content (AvgIpc) is 2.71. The Labute approximate surface area is 83.6 Å². The second-order valence-electron chi connectivity index (χ2n) is 4.43. The van der Waals surface area contributed by atoms with Crippen molar-refractivity contribution in [3.63, 3.8) is 0 Å². The van der Waals surface area contributed by atoms with E-state index in [0.717, 1.165) is 25.5 Å². The molecule has 4 heteroatoms. The molecule has 1 unspecified atom stereocenters. The van der Waals surface area contributed by atoms with Crippen LogP contribution < -0.4 is 5.32 Å². The van der Waals surface area contributed by atoms with Gasteiger partial charge in [-0.05, 0) is 0 Å². The van der Waals surface area contributed by atoms with E-state index >= 15 is 0 Å². The van der Waals surface area contributed by atoms with Crippen molar-refractivity contribution < 1.29 is 9.26 Å². The normalized spacial score (nSPS) is 25.4. The summed E-state index contributed by atoms with van der Waals surface area (Å²) >= 11 is 0. The Morgan fingerprint density at radius 3 is 3.07 bits per heavy atom. The number of hydrogen-bond acceptors (Lipinski definition) is 4. The van der Waals surface area contributed by atoms with Gasteiger partial charge in [0.15, 0.2) is 0 Å². The van der Waals surface area contributed by atoms with Gasteiger partial charge in [0.2, 0.25) is 0 Å². The quantitative estimate of drug-likeness (QED) is 0.788. The fraction of sp³-hybridized carbons (Fsp3) is 0.700. The highest BCUT2D eigenvalue weighted by Gasteiger charge is 2.35. The van der Waals surface area contributed by atoms with Crippen LogP contribution in [0.25, 0.3) is 0 Å². The van der Waals surface area contributed by atoms with Crippen molar-refractivity contribution in [1.82, 2.24) is 10.5 Å². The summed E-state index contributed by atoms with van der Waals surface area (Å²) in [7, 11) is 0. The van der Waals surface area contributed by atoms with Crippen molar-refractivity contribution >= 4 is 0 Å². The van der Waals surface area contributed by atoms with Crippen LogP contribution in [-0.4, -0.2) is 24.4 Å². The minimum atomic E-state index is 0.212. The van der Waals surface area contributed by atoms with Gasteiger partial charge in [0, 0.05) is 24.1 Å². The van der Waals surface area contributed by atoms with Gasteiger partial charge in [0.25, 0.3) is 0 Å². The highest BCUT2D eigenvalue weighted by molar-refractivity contribution is 4.97. The zero-order valence-corrected chi connectivity index (χ0v) is 8.62. The molecule has 0 spiro atoms. The Morgan fingerprint density at radius 1 is 1.64 bits per heavy atom. The smallest absolute Gasteiger partial charge is 0.124 e. The summed E-state index contributed by atoms with van der Waals surface area (Å²) in [5, 5.41) is 7.27. The van der Waals surface area contributed by atoms with Crippen molar-refractivity contribution in [2.24, 2.45) is 5.41 Å². The van der Waals surface area contributed by atoms with Gasteiger partial charge in [-0.15, -0.1) is 0 Å². The van der Waals surface area contributed by atoms with Crippen LogP contribution in [0.15, 0.2) is 16.9 Å². The molecule has 1 aliphatic heterocycles. The molecule has 14 heavy (non-hydrogen) atoms. The second kappa shape index (κ2) is 3.71. The largest absolute Gasteiger partial charge is 0.379 e. The van der Waals surface area contributed by atoms with Gasteiger partial charge >= 0.3 is 0 Å². The highest BCUT2D eigenvalue weighted by Crippen LogP contribution is 2.27. The maximum Gasteiger partial charge on any atom is 0.124 e. The molecule has 78 valence electrons. The summed E-state index contributed by atoms with van der Waals surface area (Å²) in [6.45, 7) is 6.77. The maximum absolute atomic E-state index is 5.44. The number of aromatic nitrogens is 1. The number of nitrogens with zero attached hydrogens (tertiary/aromatic N) is 1. The van der Waals surface area contributed by atoms with Gasteiger partial charge in [-0.2, -0.15) is 0 Å². The zero-order valence-electron chi connectivity index (χ0n) is 8.62. The van der Waals surface area contributed by atoms with E-state index in [9.17, 15) is 0 Å². The molecule has 0 saturated carbocycles. The fourth-order valence-corrected chi connectivity index (χ4v) is 1.66. The highest BCUT2D eigenvalue weighted by atomic mass is 16.5. The van der Waals surface area contributed by atoms with Crippen LogP contribution in [0.5, 0.6) is 0 Å². The van der Waals surface area contributed by atoms with Gasteiger partial charge in [-0.25, -0.2) is 0 Å². The Kier molecular flexibility index (Phi) is 2.56. The van der Waals surface area contributed by atoms with Crippen LogP contribution in [0.1, 0.15) is 19.5 Å². The lowest BCUT2D eigenvalue weighted by molar-refractivity contribution is 0.166. The van der Waals surface area contributed by atoms with E-state index in [4.69, 9.17) is 9.26 Å². The monoisotopic (exact) mass is 196 g/mol. The summed E-state index contributed by atoms with van der Waals surface area (Å²) in [5.74, 6) is 0. The summed E-state index contributed by atoms with van der Waals surface area (Å²) in [5.41, 5.74) is 1.15. The topological polar surface area (TPSA) is 47.3 Å². The van der Waals surface area contributed by atoms with Crippen LogP contribution in [0, 0.1) is 5.41 Å². The molecule has 0 bridgehead atoms. The molecule has 1 saturated heterocycles. The van der Waals surface area contributed by atoms with E-state index in [1.165, 1.54) is 0 Å². The first-order valence-electron chi connectivity index (χ1n) is 4.89. The molecular weight excluding hydrogens is 180 g/mol. The predicted octanol–water partition coefficient (Wildman–Crippen LogP) is 1.19. The Bertz CT molecular complexity index is 282. The fourth-order valence-electron chi connectivity index (χ4n) is 1.66. The van der Waals surface area contributed by atoms with E-state index in [1.807, 2.05) is 6.07 Å². The van der Waals surface area contributed by atoms with Crippen molar-refractivity contribution in [1.29, 1.82) is 0 Å². The van der Waals surface area contributed by atoms with Gasteiger partial charge < -0.3 is 14.6 Å². The van der Waals surface area contributed by atoms with Crippen LogP contribution >= 0.6 is 0 Å². The molecule has 1 atom stereocenters. The minimum Gasteiger partial charge on any atom is -0.379 e. The van der Waals surface area contributed by atoms with Crippen molar-refractivity contribution in [2.75, 3.05) is 13.2 Å². The van der Waals surface area contributed by atoms with E-state index in [2.05, 4.69) is 24.3 Å². The first-order valence-corrected chi connectivity index (χ1v) is 4.89. The summed E-state index contributed by atoms with van der Waals surface area (Å²) in [6, 6.07) is 2.27. The van der Waals surface area contributed by atoms with E-state index in [-0.39, 0.29) is 5.41 Å². The van der Waals surface area contributed by atoms with Crippen molar-refractivity contribution in [2.45, 2.75) is 26.4 Å². The lowest BCUT2D eigenvalue weighted by atomic mass is 9.88. The molecule has 0 radical (unpaired) electrons. The first-order chi connectivity index (χ1) is 6.68. The van der Waals surface area contributed by atoms with Crippen LogP contribution in [0.3, 0.4) is 0 Å². The van der Waals surface area contributed by atoms with Crippen LogP contribution in [0.4, 0.5) is 0 Å². The first kappa shape index (κ1) is 9.68. The minimum absolute atomic E-state index is 0.212. The third-order valence-corrected chi connectivity index (χ3v) is 2.72. The number of nitrogens with one attached hydrogen (secondary N) is 1. The number of rotatable bonds is 3. The summed E-state index contributed by atoms with van der Waals surface area (Å²) in [4.78, 5) is 0. The van der Waals surface area contributed by atoms with Crippen molar-refractivity contribution in [3.05, 3.63) is 18.0 Å². The predicted molar refractivity (Wildman–Crippen MR) is 51.7 cm³/mol. The molecule has 2 heterocycles. The standard InChI is InChI=1S/C10H16N2O2/c1-10(2)7-13-6-9(10)11-5-8-3-4-14-12-8/h3-4,9,11H,5-7H2,1-2H3. The molecular formula is C10H16N2O2. The lowest BCUT2D eigenvalue weighted by Crippen LogP contribution is -2.40. The molecule has 1 aromatic heterocycles. The molecule has 0 aromatic carbocycles. The molecule has 1 N–H and O–H groups in total. The van der Waals surface area contributed by atoms with E-state index in [0.29, 0.717) is 6.04 Å². The molecule has 1 fully saturated rings. The number of ether oxygens (including phenoxy) is 1. The Morgan fingerprint density at radius 2 is 2.50 bits per heavy atom. The number of hydrogen-bond donors (Lipinski definition) is 1. The molecule has 0 aliphatic carbocycles. The van der Waals surface area contributed by atoms with Gasteiger partial charge in [0.05, 0.1) is 18.9 Å². The zero-order chi connectivity index (χ0) is 10.0. The molecule has 2 rings (SSSR count). The van der Waals surface area contributed by atoms with Gasteiger partial charge in [0.1, 0.15) is 6.26 Å². The summed E-state index contributed by atoms with van der Waals surface area (Å²) in [6.07, 6.45) is 1.59. The van der Waals surface area contributed by atoms with Gasteiger partial charge in [-0.1, -0.05) is 19.0 Å². The lowest BCUT2D eigenvalue weighted by Gasteiger charge is -2.24.